The number of thiazole rings is 1. The second-order valence-electron chi connectivity index (χ2n) is 6.00. The number of halogens is 3. The zero-order valence-corrected chi connectivity index (χ0v) is 20.9. The van der Waals surface area contributed by atoms with Gasteiger partial charge < -0.3 is 0 Å². The quantitative estimate of drug-likeness (QED) is 0.136. The number of carbonyl (C=O) groups excluding carboxylic acids is 1. The van der Waals surface area contributed by atoms with Gasteiger partial charge >= 0.3 is 0 Å². The van der Waals surface area contributed by atoms with Crippen molar-refractivity contribution >= 4 is 93.3 Å². The predicted octanol–water partition coefficient (Wildman–Crippen LogP) is 7.11. The maximum absolute atomic E-state index is 13.3. The molecule has 1 amide bonds. The van der Waals surface area contributed by atoms with Crippen molar-refractivity contribution in [2.45, 2.75) is 0 Å². The van der Waals surface area contributed by atoms with E-state index in [1.165, 1.54) is 16.3 Å². The Morgan fingerprint density at radius 3 is 2.52 bits per heavy atom. The number of anilines is 1. The summed E-state index contributed by atoms with van der Waals surface area (Å²) in [6.45, 7) is 0. The van der Waals surface area contributed by atoms with Crippen LogP contribution in [0.3, 0.4) is 0 Å². The Balaban J connectivity index is 1.78. The third kappa shape index (κ3) is 4.76. The summed E-state index contributed by atoms with van der Waals surface area (Å²) in [5.41, 5.74) is 2.30. The van der Waals surface area contributed by atoms with E-state index in [1.807, 2.05) is 60.7 Å². The first-order valence-electron chi connectivity index (χ1n) is 8.46. The van der Waals surface area contributed by atoms with Crippen molar-refractivity contribution in [1.29, 1.82) is 0 Å². The number of carbonyl (C=O) groups is 1. The van der Waals surface area contributed by atoms with E-state index in [0.29, 0.717) is 10.7 Å². The standard InChI is InChI=1S/C21H12Br2IN3OS/c22-14-7-5-13(6-8-14)12-25-27(20(28)16-3-1-2-4-17(16)24)21-26-18-10-9-15(23)11-19(18)29-21/h1-12H/b25-12+. The van der Waals surface area contributed by atoms with E-state index in [2.05, 4.69) is 64.5 Å². The van der Waals surface area contributed by atoms with Gasteiger partial charge in [-0.3, -0.25) is 4.79 Å². The molecule has 0 fully saturated rings. The average molecular weight is 641 g/mol. The van der Waals surface area contributed by atoms with Crippen LogP contribution in [0.25, 0.3) is 10.2 Å². The van der Waals surface area contributed by atoms with Crippen molar-refractivity contribution in [3.05, 3.63) is 90.4 Å². The first kappa shape index (κ1) is 20.6. The molecule has 1 aromatic heterocycles. The molecule has 1 heterocycles. The Morgan fingerprint density at radius 1 is 1.03 bits per heavy atom. The molecule has 29 heavy (non-hydrogen) atoms. The maximum Gasteiger partial charge on any atom is 0.281 e. The Hall–Kier alpha value is -1.62. The SMILES string of the molecule is O=C(c1ccccc1I)N(/N=C/c1ccc(Br)cc1)c1nc2ccc(Br)cc2s1. The van der Waals surface area contributed by atoms with E-state index in [9.17, 15) is 4.79 Å². The first-order chi connectivity index (χ1) is 14.0. The highest BCUT2D eigenvalue weighted by molar-refractivity contribution is 14.1. The molecule has 0 bridgehead atoms. The second kappa shape index (κ2) is 9.03. The number of fused-ring (bicyclic) bond motifs is 1. The third-order valence-corrected chi connectivity index (χ3v) is 6.97. The Morgan fingerprint density at radius 2 is 1.76 bits per heavy atom. The van der Waals surface area contributed by atoms with Gasteiger partial charge in [-0.25, -0.2) is 4.98 Å². The number of hydrogen-bond donors (Lipinski definition) is 0. The van der Waals surface area contributed by atoms with Gasteiger partial charge in [-0.2, -0.15) is 10.1 Å². The molecule has 4 aromatic rings. The minimum atomic E-state index is -0.221. The molecule has 0 atom stereocenters. The lowest BCUT2D eigenvalue weighted by Crippen LogP contribution is -2.26. The van der Waals surface area contributed by atoms with Gasteiger partial charge in [0.25, 0.3) is 5.91 Å². The van der Waals surface area contributed by atoms with Gasteiger partial charge in [-0.15, -0.1) is 0 Å². The Kier molecular flexibility index (Phi) is 6.43. The predicted molar refractivity (Wildman–Crippen MR) is 135 cm³/mol. The summed E-state index contributed by atoms with van der Waals surface area (Å²) in [5.74, 6) is -0.221. The first-order valence-corrected chi connectivity index (χ1v) is 11.9. The summed E-state index contributed by atoms with van der Waals surface area (Å²) >= 11 is 10.5. The van der Waals surface area contributed by atoms with Crippen molar-refractivity contribution in [1.82, 2.24) is 4.98 Å². The van der Waals surface area contributed by atoms with E-state index < -0.39 is 0 Å². The lowest BCUT2D eigenvalue weighted by molar-refractivity contribution is 0.0987. The van der Waals surface area contributed by atoms with Gasteiger partial charge in [0.05, 0.1) is 22.0 Å². The molecule has 0 saturated heterocycles. The third-order valence-electron chi connectivity index (χ3n) is 4.01. The summed E-state index contributed by atoms with van der Waals surface area (Å²) < 4.78 is 3.80. The van der Waals surface area contributed by atoms with Crippen LogP contribution in [0.4, 0.5) is 5.13 Å². The largest absolute Gasteiger partial charge is 0.281 e. The van der Waals surface area contributed by atoms with Crippen LogP contribution in [0, 0.1) is 3.57 Å². The van der Waals surface area contributed by atoms with Crippen LogP contribution in [-0.2, 0) is 0 Å². The molecule has 0 aliphatic heterocycles. The topological polar surface area (TPSA) is 45.6 Å². The summed E-state index contributed by atoms with van der Waals surface area (Å²) in [4.78, 5) is 18.0. The number of nitrogens with zero attached hydrogens (tertiary/aromatic N) is 3. The second-order valence-corrected chi connectivity index (χ2v) is 10.0. The van der Waals surface area contributed by atoms with Crippen molar-refractivity contribution < 1.29 is 4.79 Å². The van der Waals surface area contributed by atoms with Gasteiger partial charge in [0.2, 0.25) is 5.13 Å². The highest BCUT2D eigenvalue weighted by Crippen LogP contribution is 2.32. The molecule has 0 aliphatic carbocycles. The highest BCUT2D eigenvalue weighted by atomic mass is 127. The fraction of sp³-hybridized carbons (Fsp3) is 0. The molecule has 0 radical (unpaired) electrons. The van der Waals surface area contributed by atoms with Gasteiger partial charge in [-0.05, 0) is 70.6 Å². The fourth-order valence-corrected chi connectivity index (χ4v) is 4.94. The Labute approximate surface area is 202 Å². The van der Waals surface area contributed by atoms with Gasteiger partial charge in [0, 0.05) is 12.5 Å². The van der Waals surface area contributed by atoms with Crippen molar-refractivity contribution in [3.63, 3.8) is 0 Å². The molecule has 0 N–H and O–H groups in total. The van der Waals surface area contributed by atoms with E-state index in [-0.39, 0.29) is 5.91 Å². The van der Waals surface area contributed by atoms with Crippen LogP contribution < -0.4 is 5.01 Å². The van der Waals surface area contributed by atoms with Gasteiger partial charge in [0.15, 0.2) is 0 Å². The molecule has 4 rings (SSSR count). The van der Waals surface area contributed by atoms with Crippen LogP contribution in [0.1, 0.15) is 15.9 Å². The minimum absolute atomic E-state index is 0.221. The molecule has 4 nitrogen and oxygen atoms in total. The average Bonchev–Trinajstić information content (AvgIpc) is 3.12. The molecular weight excluding hydrogens is 629 g/mol. The van der Waals surface area contributed by atoms with Crippen molar-refractivity contribution in [2.24, 2.45) is 5.10 Å². The summed E-state index contributed by atoms with van der Waals surface area (Å²) in [6, 6.07) is 21.0. The number of aromatic nitrogens is 1. The molecule has 144 valence electrons. The van der Waals surface area contributed by atoms with Crippen LogP contribution in [-0.4, -0.2) is 17.1 Å². The van der Waals surface area contributed by atoms with Crippen LogP contribution in [0.5, 0.6) is 0 Å². The number of hydrazone groups is 1. The lowest BCUT2D eigenvalue weighted by Gasteiger charge is -2.14. The van der Waals surface area contributed by atoms with Gasteiger partial charge in [0.1, 0.15) is 0 Å². The number of amides is 1. The molecule has 8 heteroatoms. The lowest BCUT2D eigenvalue weighted by atomic mass is 10.2. The maximum atomic E-state index is 13.3. The summed E-state index contributed by atoms with van der Waals surface area (Å²) in [6.07, 6.45) is 1.67. The summed E-state index contributed by atoms with van der Waals surface area (Å²) in [7, 11) is 0. The molecule has 3 aromatic carbocycles. The normalized spacial score (nSPS) is 11.3. The van der Waals surface area contributed by atoms with Crippen LogP contribution in [0.2, 0.25) is 0 Å². The minimum Gasteiger partial charge on any atom is -0.267 e. The molecular formula is C21H12Br2IN3OS. The molecule has 0 spiro atoms. The molecule has 0 aliphatic rings. The molecule has 0 saturated carbocycles. The molecule has 0 unspecified atom stereocenters. The summed E-state index contributed by atoms with van der Waals surface area (Å²) in [5, 5.41) is 6.40. The zero-order valence-electron chi connectivity index (χ0n) is 14.7. The number of benzene rings is 3. The Bertz CT molecular complexity index is 1220. The number of hydrogen-bond acceptors (Lipinski definition) is 4. The van der Waals surface area contributed by atoms with E-state index in [0.717, 1.165) is 28.3 Å². The van der Waals surface area contributed by atoms with Crippen LogP contribution >= 0.6 is 65.8 Å². The van der Waals surface area contributed by atoms with Crippen molar-refractivity contribution in [2.75, 3.05) is 5.01 Å². The van der Waals surface area contributed by atoms with E-state index in [1.54, 1.807) is 12.3 Å². The zero-order chi connectivity index (χ0) is 20.4. The van der Waals surface area contributed by atoms with E-state index in [4.69, 9.17) is 0 Å². The fourth-order valence-electron chi connectivity index (χ4n) is 2.59. The van der Waals surface area contributed by atoms with Crippen molar-refractivity contribution in [3.8, 4) is 0 Å². The highest BCUT2D eigenvalue weighted by Gasteiger charge is 2.22. The monoisotopic (exact) mass is 639 g/mol. The number of rotatable bonds is 4. The van der Waals surface area contributed by atoms with Crippen LogP contribution in [0.15, 0.2) is 80.8 Å². The smallest absolute Gasteiger partial charge is 0.267 e. The van der Waals surface area contributed by atoms with E-state index >= 15 is 0 Å². The van der Waals surface area contributed by atoms with Gasteiger partial charge in [-0.1, -0.05) is 67.5 Å².